The minimum absolute atomic E-state index is 0.241. The third-order valence-corrected chi connectivity index (χ3v) is 2.88. The summed E-state index contributed by atoms with van der Waals surface area (Å²) in [4.78, 5) is 11.5. The number of carbonyl (C=O) groups is 1. The molecule has 1 heterocycles. The quantitative estimate of drug-likeness (QED) is 0.621. The van der Waals surface area contributed by atoms with Gasteiger partial charge in [0.25, 0.3) is 0 Å². The van der Waals surface area contributed by atoms with Crippen LogP contribution in [0.5, 0.6) is 0 Å². The van der Waals surface area contributed by atoms with E-state index in [-0.39, 0.29) is 11.8 Å². The van der Waals surface area contributed by atoms with E-state index in [4.69, 9.17) is 0 Å². The summed E-state index contributed by atoms with van der Waals surface area (Å²) in [6.45, 7) is 1.88. The first-order valence-electron chi connectivity index (χ1n) is 4.87. The van der Waals surface area contributed by atoms with Gasteiger partial charge in [-0.3, -0.25) is 4.79 Å². The molecule has 0 spiro atoms. The van der Waals surface area contributed by atoms with Crippen molar-refractivity contribution in [3.05, 3.63) is 0 Å². The van der Waals surface area contributed by atoms with Gasteiger partial charge in [0, 0.05) is 12.6 Å². The first-order valence-corrected chi connectivity index (χ1v) is 4.87. The second-order valence-corrected chi connectivity index (χ2v) is 3.83. The molecule has 68 valence electrons. The summed E-state index contributed by atoms with van der Waals surface area (Å²) in [5.74, 6) is 0.510. The lowest BCUT2D eigenvalue weighted by Gasteiger charge is -2.27. The van der Waals surface area contributed by atoms with Crippen LogP contribution in [0.1, 0.15) is 25.7 Å². The topological polar surface area (TPSA) is 41.1 Å². The van der Waals surface area contributed by atoms with E-state index in [0.717, 1.165) is 19.5 Å². The molecule has 3 heteroatoms. The molecule has 0 radical (unpaired) electrons. The number of rotatable bonds is 2. The van der Waals surface area contributed by atoms with Gasteiger partial charge in [-0.2, -0.15) is 0 Å². The zero-order valence-corrected chi connectivity index (χ0v) is 7.31. The molecule has 1 aliphatic heterocycles. The van der Waals surface area contributed by atoms with Gasteiger partial charge in [-0.05, 0) is 32.2 Å². The van der Waals surface area contributed by atoms with E-state index in [2.05, 4.69) is 10.6 Å². The average molecular weight is 168 g/mol. The van der Waals surface area contributed by atoms with Gasteiger partial charge in [0.05, 0.1) is 5.92 Å². The Hall–Kier alpha value is -0.570. The Morgan fingerprint density at radius 1 is 1.33 bits per heavy atom. The van der Waals surface area contributed by atoms with Crippen LogP contribution in [0.4, 0.5) is 0 Å². The predicted octanol–water partition coefficient (Wildman–Crippen LogP) is 0.265. The van der Waals surface area contributed by atoms with Crippen LogP contribution in [0.25, 0.3) is 0 Å². The molecule has 2 N–H and O–H groups in total. The first-order chi connectivity index (χ1) is 5.86. The smallest absolute Gasteiger partial charge is 0.224 e. The zero-order chi connectivity index (χ0) is 8.39. The van der Waals surface area contributed by atoms with E-state index < -0.39 is 0 Å². The zero-order valence-electron chi connectivity index (χ0n) is 7.31. The molecule has 2 rings (SSSR count). The number of hydrogen-bond donors (Lipinski definition) is 2. The van der Waals surface area contributed by atoms with E-state index in [0.29, 0.717) is 6.04 Å². The number of hydrogen-bond acceptors (Lipinski definition) is 2. The molecule has 3 nitrogen and oxygen atoms in total. The molecule has 0 bridgehead atoms. The molecule has 1 atom stereocenters. The summed E-state index contributed by atoms with van der Waals surface area (Å²) < 4.78 is 0. The Morgan fingerprint density at radius 2 is 2.17 bits per heavy atom. The van der Waals surface area contributed by atoms with Crippen LogP contribution < -0.4 is 10.6 Å². The van der Waals surface area contributed by atoms with Crippen LogP contribution in [0.15, 0.2) is 0 Å². The van der Waals surface area contributed by atoms with Crippen molar-refractivity contribution >= 4 is 5.91 Å². The minimum Gasteiger partial charge on any atom is -0.353 e. The van der Waals surface area contributed by atoms with Crippen molar-refractivity contribution in [3.8, 4) is 0 Å². The molecule has 1 saturated heterocycles. The van der Waals surface area contributed by atoms with Crippen LogP contribution >= 0.6 is 0 Å². The highest BCUT2D eigenvalue weighted by atomic mass is 16.2. The Balaban J connectivity index is 1.74. The van der Waals surface area contributed by atoms with E-state index in [9.17, 15) is 4.79 Å². The predicted molar refractivity (Wildman–Crippen MR) is 46.8 cm³/mol. The molecule has 0 unspecified atom stereocenters. The molecule has 1 amide bonds. The van der Waals surface area contributed by atoms with Crippen molar-refractivity contribution < 1.29 is 4.79 Å². The van der Waals surface area contributed by atoms with E-state index >= 15 is 0 Å². The van der Waals surface area contributed by atoms with Crippen molar-refractivity contribution in [3.63, 3.8) is 0 Å². The van der Waals surface area contributed by atoms with Gasteiger partial charge in [0.1, 0.15) is 0 Å². The fraction of sp³-hybridized carbons (Fsp3) is 0.889. The minimum atomic E-state index is 0.241. The van der Waals surface area contributed by atoms with Crippen molar-refractivity contribution in [2.75, 3.05) is 13.1 Å². The number of carbonyl (C=O) groups excluding carboxylic acids is 1. The van der Waals surface area contributed by atoms with E-state index in [1.807, 2.05) is 0 Å². The lowest BCUT2D eigenvalue weighted by molar-refractivity contribution is -0.125. The van der Waals surface area contributed by atoms with Crippen molar-refractivity contribution in [2.24, 2.45) is 5.92 Å². The van der Waals surface area contributed by atoms with Gasteiger partial charge < -0.3 is 10.6 Å². The molecular weight excluding hydrogens is 152 g/mol. The summed E-state index contributed by atoms with van der Waals surface area (Å²) >= 11 is 0. The summed E-state index contributed by atoms with van der Waals surface area (Å²) in [6, 6.07) is 0.498. The molecule has 12 heavy (non-hydrogen) atoms. The third kappa shape index (κ3) is 1.61. The molecule has 0 aromatic carbocycles. The largest absolute Gasteiger partial charge is 0.353 e. The fourth-order valence-electron chi connectivity index (χ4n) is 1.75. The molecule has 1 saturated carbocycles. The van der Waals surface area contributed by atoms with Gasteiger partial charge >= 0.3 is 0 Å². The van der Waals surface area contributed by atoms with E-state index in [1.54, 1.807) is 0 Å². The second kappa shape index (κ2) is 3.44. The maximum atomic E-state index is 11.5. The fourth-order valence-corrected chi connectivity index (χ4v) is 1.75. The molecular formula is C9H16N2O. The lowest BCUT2D eigenvalue weighted by atomic mass is 9.92. The Bertz CT molecular complexity index is 171. The normalized spacial score (nSPS) is 29.8. The highest BCUT2D eigenvalue weighted by Crippen LogP contribution is 2.19. The van der Waals surface area contributed by atoms with Crippen molar-refractivity contribution in [2.45, 2.75) is 31.7 Å². The molecule has 2 fully saturated rings. The molecule has 0 aromatic rings. The van der Waals surface area contributed by atoms with Crippen LogP contribution in [-0.4, -0.2) is 25.0 Å². The number of amides is 1. The molecule has 2 aliphatic rings. The van der Waals surface area contributed by atoms with Crippen molar-refractivity contribution in [1.82, 2.24) is 10.6 Å². The van der Waals surface area contributed by atoms with Crippen molar-refractivity contribution in [1.29, 1.82) is 0 Å². The summed E-state index contributed by atoms with van der Waals surface area (Å²) in [5, 5.41) is 6.28. The maximum Gasteiger partial charge on any atom is 0.224 e. The van der Waals surface area contributed by atoms with Gasteiger partial charge in [-0.15, -0.1) is 0 Å². The summed E-state index contributed by atoms with van der Waals surface area (Å²) in [5.41, 5.74) is 0. The standard InChI is InChI=1S/C9H16N2O/c12-9(7-4-5-10-6-7)11-8-2-1-3-8/h7-8,10H,1-6H2,(H,11,12)/t7-/m1/s1. The summed E-state index contributed by atoms with van der Waals surface area (Å²) in [7, 11) is 0. The Labute approximate surface area is 72.9 Å². The second-order valence-electron chi connectivity index (χ2n) is 3.83. The Morgan fingerprint density at radius 3 is 2.67 bits per heavy atom. The third-order valence-electron chi connectivity index (χ3n) is 2.88. The highest BCUT2D eigenvalue weighted by molar-refractivity contribution is 5.79. The SMILES string of the molecule is O=C(NC1CCC1)[C@@H]1CCNC1. The Kier molecular flexibility index (Phi) is 2.30. The van der Waals surface area contributed by atoms with Gasteiger partial charge in [0.15, 0.2) is 0 Å². The van der Waals surface area contributed by atoms with Crippen LogP contribution in [0.2, 0.25) is 0 Å². The van der Waals surface area contributed by atoms with E-state index in [1.165, 1.54) is 19.3 Å². The summed E-state index contributed by atoms with van der Waals surface area (Å²) in [6.07, 6.45) is 4.67. The monoisotopic (exact) mass is 168 g/mol. The van der Waals surface area contributed by atoms with Crippen LogP contribution in [-0.2, 0) is 4.79 Å². The molecule has 1 aliphatic carbocycles. The average Bonchev–Trinajstić information content (AvgIpc) is 2.47. The molecule has 0 aromatic heterocycles. The lowest BCUT2D eigenvalue weighted by Crippen LogP contribution is -2.43. The van der Waals surface area contributed by atoms with Crippen LogP contribution in [0.3, 0.4) is 0 Å². The van der Waals surface area contributed by atoms with Gasteiger partial charge in [0.2, 0.25) is 5.91 Å². The maximum absolute atomic E-state index is 11.5. The first kappa shape index (κ1) is 8.05. The number of nitrogens with one attached hydrogen (secondary N) is 2. The van der Waals surface area contributed by atoms with Gasteiger partial charge in [-0.1, -0.05) is 0 Å². The van der Waals surface area contributed by atoms with Gasteiger partial charge in [-0.25, -0.2) is 0 Å². The highest BCUT2D eigenvalue weighted by Gasteiger charge is 2.26. The van der Waals surface area contributed by atoms with Crippen LogP contribution in [0, 0.1) is 5.92 Å².